The van der Waals surface area contributed by atoms with E-state index >= 15 is 0 Å². The first-order valence-electron chi connectivity index (χ1n) is 28.3. The zero-order chi connectivity index (χ0) is 59.8. The summed E-state index contributed by atoms with van der Waals surface area (Å²) < 4.78 is 21.1. The largest absolute Gasteiger partial charge is 0.445 e. The van der Waals surface area contributed by atoms with Crippen molar-refractivity contribution in [3.05, 3.63) is 217 Å². The first-order chi connectivity index (χ1) is 41.7. The number of methoxy groups -OCH3 is 1. The van der Waals surface area contributed by atoms with Crippen molar-refractivity contribution in [3.63, 3.8) is 0 Å². The van der Waals surface area contributed by atoms with Crippen molar-refractivity contribution in [1.82, 2.24) is 51.2 Å². The van der Waals surface area contributed by atoms with E-state index in [4.69, 9.17) is 18.9 Å². The molecule has 2 unspecified atom stereocenters. The Morgan fingerprint density at radius 2 is 0.965 bits per heavy atom. The van der Waals surface area contributed by atoms with E-state index < -0.39 is 24.1 Å². The number of benzene rings is 2. The van der Waals surface area contributed by atoms with Crippen LogP contribution in [0.5, 0.6) is 0 Å². The molecule has 0 spiro atoms. The van der Waals surface area contributed by atoms with Crippen LogP contribution in [0.15, 0.2) is 200 Å². The summed E-state index contributed by atoms with van der Waals surface area (Å²) in [7, 11) is 1.58. The summed E-state index contributed by atoms with van der Waals surface area (Å²) in [5.41, 5.74) is 8.75. The van der Waals surface area contributed by atoms with E-state index in [2.05, 4.69) is 56.2 Å². The summed E-state index contributed by atoms with van der Waals surface area (Å²) in [5, 5.41) is 11.4. The number of amides is 4. The van der Waals surface area contributed by atoms with Crippen LogP contribution in [0.1, 0.15) is 60.8 Å². The van der Waals surface area contributed by atoms with E-state index in [0.717, 1.165) is 50.7 Å². The smallest absolute Gasteiger partial charge is 0.407 e. The van der Waals surface area contributed by atoms with E-state index in [1.54, 1.807) is 50.5 Å². The van der Waals surface area contributed by atoms with E-state index in [9.17, 15) is 19.2 Å². The van der Waals surface area contributed by atoms with E-state index in [1.165, 1.54) is 0 Å². The third kappa shape index (κ3) is 27.2. The minimum atomic E-state index is -0.839. The fourth-order valence-corrected chi connectivity index (χ4v) is 8.08. The molecular weight excluding hydrogens is 1180 g/mol. The van der Waals surface area contributed by atoms with Crippen LogP contribution in [0, 0.1) is 12.8 Å². The van der Waals surface area contributed by atoms with Crippen LogP contribution >= 0.6 is 0 Å². The molecule has 4 amide bonds. The normalized spacial score (nSPS) is 11.2. The number of rotatable bonds is 29. The molecule has 6 heterocycles. The van der Waals surface area contributed by atoms with Crippen molar-refractivity contribution >= 4 is 30.2 Å². The summed E-state index contributed by atoms with van der Waals surface area (Å²) in [5.74, 6) is -1.23. The Morgan fingerprint density at radius 1 is 0.488 bits per heavy atom. The van der Waals surface area contributed by atoms with Crippen molar-refractivity contribution in [2.45, 2.75) is 64.7 Å². The molecule has 4 N–H and O–H groups in total. The van der Waals surface area contributed by atoms with Crippen LogP contribution in [0.3, 0.4) is 0 Å². The van der Waals surface area contributed by atoms with Gasteiger partial charge in [-0.25, -0.2) is 9.59 Å². The topological polar surface area (TPSA) is 243 Å². The molecule has 0 fully saturated rings. The number of nitrogens with zero attached hydrogens (tertiary/aromatic N) is 7. The third-order valence-electron chi connectivity index (χ3n) is 12.6. The molecule has 20 heteroatoms. The fourth-order valence-electron chi connectivity index (χ4n) is 8.08. The Morgan fingerprint density at radius 3 is 1.45 bits per heavy atom. The maximum atomic E-state index is 14.0. The van der Waals surface area contributed by atoms with Gasteiger partial charge in [-0.3, -0.25) is 44.5 Å². The molecule has 86 heavy (non-hydrogen) atoms. The molecular formula is C66H75N11O8Ru. The second kappa shape index (κ2) is 41.1. The molecule has 6 aromatic heterocycles. The number of aromatic nitrogens is 6. The third-order valence-corrected chi connectivity index (χ3v) is 12.6. The minimum Gasteiger partial charge on any atom is -0.445 e. The Kier molecular flexibility index (Phi) is 32.4. The van der Waals surface area contributed by atoms with E-state index in [-0.39, 0.29) is 64.2 Å². The molecule has 19 nitrogen and oxygen atoms in total. The van der Waals surface area contributed by atoms with Crippen molar-refractivity contribution in [2.24, 2.45) is 10.9 Å². The summed E-state index contributed by atoms with van der Waals surface area (Å²) in [4.78, 5) is 82.3. The van der Waals surface area contributed by atoms with Crippen LogP contribution in [0.2, 0.25) is 0 Å². The van der Waals surface area contributed by atoms with Crippen LogP contribution in [-0.4, -0.2) is 119 Å². The van der Waals surface area contributed by atoms with Gasteiger partial charge in [0.05, 0.1) is 66.4 Å². The van der Waals surface area contributed by atoms with Gasteiger partial charge in [0.2, 0.25) is 11.8 Å². The van der Waals surface area contributed by atoms with Gasteiger partial charge in [-0.1, -0.05) is 91.3 Å². The number of unbranched alkanes of at least 4 members (excludes halogenated alkanes) is 2. The van der Waals surface area contributed by atoms with E-state index in [0.29, 0.717) is 70.5 Å². The molecule has 0 bridgehead atoms. The number of hydrogen-bond donors (Lipinski definition) is 4. The number of hydrogen-bond acceptors (Lipinski definition) is 15. The number of nitrogens with one attached hydrogen (secondary N) is 4. The Hall–Kier alpha value is -8.97. The second-order valence-electron chi connectivity index (χ2n) is 19.2. The van der Waals surface area contributed by atoms with Crippen LogP contribution in [0.4, 0.5) is 9.59 Å². The summed E-state index contributed by atoms with van der Waals surface area (Å²) in [6.07, 6.45) is 14.2. The van der Waals surface area contributed by atoms with Gasteiger partial charge < -0.3 is 40.2 Å². The molecule has 450 valence electrons. The number of alkyl carbamates (subject to hydrolysis) is 2. The molecule has 2 aromatic carbocycles. The van der Waals surface area contributed by atoms with Gasteiger partial charge in [0, 0.05) is 89.6 Å². The Balaban J connectivity index is 0.000000437. The summed E-state index contributed by atoms with van der Waals surface area (Å²) >= 11 is 0. The molecule has 0 aliphatic rings. The predicted octanol–water partition coefficient (Wildman–Crippen LogP) is 10.2. The maximum absolute atomic E-state index is 14.0. The van der Waals surface area contributed by atoms with Gasteiger partial charge >= 0.3 is 12.2 Å². The zero-order valence-corrected chi connectivity index (χ0v) is 50.3. The van der Waals surface area contributed by atoms with Crippen molar-refractivity contribution in [3.8, 4) is 34.2 Å². The van der Waals surface area contributed by atoms with Crippen LogP contribution < -0.4 is 21.3 Å². The average molecular weight is 1250 g/mol. The standard InChI is InChI=1S/C46H59N7O8.2C10H8N2.Ru/c1-35-19-23-48-41(29-35)42-30-38(20-24-49-42)31-47-32-39(17-9-11-21-51-45(56)60-33-36-13-5-3-6-14-36)43(54)53-40(44(55)50-25-26-59-28-27-58-2)18-10-12-22-52-46(57)61-34-37-15-7-4-8-16-37;2*1-3-7-11-9(5-1)10-6-2-4-8-12-10;/h3-8,13-16,19-20,23-24,29-31,39-40H,9-12,17-18,21-22,25-28,32-34H2,1-2H3,(H,50,55)(H,51,56)(H,52,57)(H,53,54);2*1-8H;. The van der Waals surface area contributed by atoms with E-state index in [1.807, 2.05) is 165 Å². The molecule has 0 saturated carbocycles. The number of carbonyl (C=O) groups excluding carboxylic acids is 4. The molecule has 0 radical (unpaired) electrons. The number of aliphatic imine (C=N–C) groups is 1. The molecule has 0 aliphatic heterocycles. The quantitative estimate of drug-likeness (QED) is 0.0194. The second-order valence-corrected chi connectivity index (χ2v) is 19.2. The maximum Gasteiger partial charge on any atom is 0.407 e. The van der Waals surface area contributed by atoms with Gasteiger partial charge in [-0.2, -0.15) is 0 Å². The molecule has 0 aliphatic carbocycles. The zero-order valence-electron chi connectivity index (χ0n) is 48.6. The molecule has 8 rings (SSSR count). The SMILES string of the molecule is COCCOCCNC(=O)C(CCCCNC(=O)OCc1ccccc1)NC(=O)C(CCCCNC(=O)OCc1ccccc1)CN=Cc1ccnc(-c2cc(C)ccn2)c1.[Ru].c1ccc(-c2ccccn2)nc1.c1ccc(-c2ccccn2)nc1. The summed E-state index contributed by atoms with van der Waals surface area (Å²) in [6, 6.07) is 48.8. The number of aryl methyl sites for hydroxylation is 1. The predicted molar refractivity (Wildman–Crippen MR) is 328 cm³/mol. The number of ether oxygens (including phenoxy) is 4. The van der Waals surface area contributed by atoms with Crippen molar-refractivity contribution in [2.75, 3.05) is 53.1 Å². The Bertz CT molecular complexity index is 3030. The van der Waals surface area contributed by atoms with Crippen molar-refractivity contribution in [1.29, 1.82) is 0 Å². The molecule has 8 aromatic rings. The van der Waals surface area contributed by atoms with Gasteiger partial charge in [0.1, 0.15) is 19.3 Å². The van der Waals surface area contributed by atoms with Crippen LogP contribution in [-0.2, 0) is 61.2 Å². The average Bonchev–Trinajstić information content (AvgIpc) is 3.61. The number of pyridine rings is 6. The van der Waals surface area contributed by atoms with Crippen LogP contribution in [0.25, 0.3) is 34.2 Å². The van der Waals surface area contributed by atoms with Gasteiger partial charge in [0.15, 0.2) is 0 Å². The van der Waals surface area contributed by atoms with Gasteiger partial charge in [-0.05, 0) is 134 Å². The molecule has 0 saturated heterocycles. The summed E-state index contributed by atoms with van der Waals surface area (Å²) in [6.45, 7) is 4.55. The fraction of sp³-hybridized carbons (Fsp3) is 0.288. The van der Waals surface area contributed by atoms with Gasteiger partial charge in [-0.15, -0.1) is 0 Å². The molecule has 2 atom stereocenters. The number of carbonyl (C=O) groups is 4. The monoisotopic (exact) mass is 1250 g/mol. The van der Waals surface area contributed by atoms with Crippen molar-refractivity contribution < 1.29 is 57.6 Å². The first kappa shape index (κ1) is 67.8. The van der Waals surface area contributed by atoms with Gasteiger partial charge in [0.25, 0.3) is 0 Å². The first-order valence-corrected chi connectivity index (χ1v) is 28.3. The Labute approximate surface area is 516 Å². The minimum absolute atomic E-state index is 0.